The summed E-state index contributed by atoms with van der Waals surface area (Å²) in [7, 11) is 2.09. The van der Waals surface area contributed by atoms with Crippen LogP contribution in [0.3, 0.4) is 0 Å². The predicted octanol–water partition coefficient (Wildman–Crippen LogP) is 2.55. The first-order chi connectivity index (χ1) is 9.74. The van der Waals surface area contributed by atoms with Crippen LogP contribution in [-0.2, 0) is 6.54 Å². The first kappa shape index (κ1) is 14.4. The molecule has 4 nitrogen and oxygen atoms in total. The molecule has 0 aliphatic rings. The van der Waals surface area contributed by atoms with E-state index in [1.54, 1.807) is 0 Å². The Balaban J connectivity index is 1.66. The highest BCUT2D eigenvalue weighted by atomic mass is 19.1. The van der Waals surface area contributed by atoms with Gasteiger partial charge in [0.05, 0.1) is 0 Å². The Kier molecular flexibility index (Phi) is 5.43. The van der Waals surface area contributed by atoms with E-state index >= 15 is 0 Å². The lowest BCUT2D eigenvalue weighted by Gasteiger charge is -2.16. The van der Waals surface area contributed by atoms with Gasteiger partial charge in [-0.1, -0.05) is 30.3 Å². The maximum atomic E-state index is 12.8. The molecule has 0 amide bonds. The van der Waals surface area contributed by atoms with Crippen molar-refractivity contribution in [3.05, 3.63) is 54.2 Å². The van der Waals surface area contributed by atoms with E-state index in [2.05, 4.69) is 39.4 Å². The summed E-state index contributed by atoms with van der Waals surface area (Å²) >= 11 is 0. The highest BCUT2D eigenvalue weighted by Gasteiger charge is 2.00. The van der Waals surface area contributed by atoms with E-state index in [4.69, 9.17) is 0 Å². The molecule has 0 saturated heterocycles. The van der Waals surface area contributed by atoms with Gasteiger partial charge < -0.3 is 10.2 Å². The number of benzene rings is 1. The van der Waals surface area contributed by atoms with Crippen molar-refractivity contribution in [2.75, 3.05) is 25.5 Å². The van der Waals surface area contributed by atoms with Crippen LogP contribution in [0.5, 0.6) is 0 Å². The molecule has 1 aromatic carbocycles. The van der Waals surface area contributed by atoms with Gasteiger partial charge in [-0.2, -0.15) is 4.39 Å². The van der Waals surface area contributed by atoms with Gasteiger partial charge in [-0.05, 0) is 25.6 Å². The molecule has 0 aliphatic heterocycles. The third kappa shape index (κ3) is 4.93. The molecule has 5 heteroatoms. The Labute approximate surface area is 118 Å². The molecule has 0 radical (unpaired) electrons. The summed E-state index contributed by atoms with van der Waals surface area (Å²) < 4.78 is 12.8. The minimum absolute atomic E-state index is 0.510. The lowest BCUT2D eigenvalue weighted by molar-refractivity contribution is 0.325. The molecular weight excluding hydrogens is 255 g/mol. The van der Waals surface area contributed by atoms with E-state index in [9.17, 15) is 4.39 Å². The summed E-state index contributed by atoms with van der Waals surface area (Å²) in [6, 6.07) is 11.7. The van der Waals surface area contributed by atoms with E-state index < -0.39 is 5.95 Å². The summed E-state index contributed by atoms with van der Waals surface area (Å²) in [4.78, 5) is 9.63. The van der Waals surface area contributed by atoms with Crippen molar-refractivity contribution < 1.29 is 4.39 Å². The smallest absolute Gasteiger partial charge is 0.217 e. The number of hydrogen-bond acceptors (Lipinski definition) is 4. The van der Waals surface area contributed by atoms with Crippen LogP contribution in [0.4, 0.5) is 10.2 Å². The van der Waals surface area contributed by atoms with E-state index in [0.29, 0.717) is 5.82 Å². The van der Waals surface area contributed by atoms with Gasteiger partial charge in [0.1, 0.15) is 12.1 Å². The monoisotopic (exact) mass is 274 g/mol. The maximum absolute atomic E-state index is 12.8. The number of nitrogens with one attached hydrogen (secondary N) is 1. The van der Waals surface area contributed by atoms with E-state index in [-0.39, 0.29) is 0 Å². The van der Waals surface area contributed by atoms with Crippen LogP contribution in [0.2, 0.25) is 0 Å². The molecule has 0 bridgehead atoms. The molecule has 0 unspecified atom stereocenters. The molecule has 1 aromatic heterocycles. The standard InChI is InChI=1S/C15H19FN4/c1-20(11-13-6-3-2-4-7-13)9-5-8-17-15-10-14(16)18-12-19-15/h2-4,6-7,10,12H,5,8-9,11H2,1H3,(H,17,18,19). The maximum Gasteiger partial charge on any atom is 0.217 e. The quantitative estimate of drug-likeness (QED) is 0.622. The summed E-state index contributed by atoms with van der Waals surface area (Å²) in [5, 5.41) is 3.09. The molecule has 20 heavy (non-hydrogen) atoms. The number of aromatic nitrogens is 2. The predicted molar refractivity (Wildman–Crippen MR) is 77.9 cm³/mol. The zero-order chi connectivity index (χ0) is 14.2. The van der Waals surface area contributed by atoms with Crippen LogP contribution in [-0.4, -0.2) is 35.0 Å². The van der Waals surface area contributed by atoms with Crippen LogP contribution < -0.4 is 5.32 Å². The summed E-state index contributed by atoms with van der Waals surface area (Å²) in [5.41, 5.74) is 1.31. The lowest BCUT2D eigenvalue weighted by atomic mass is 10.2. The Hall–Kier alpha value is -2.01. The Morgan fingerprint density at radius 2 is 2.00 bits per heavy atom. The van der Waals surface area contributed by atoms with Crippen LogP contribution in [0.25, 0.3) is 0 Å². The number of hydrogen-bond donors (Lipinski definition) is 1. The average Bonchev–Trinajstić information content (AvgIpc) is 2.45. The molecule has 0 atom stereocenters. The second-order valence-electron chi connectivity index (χ2n) is 4.73. The lowest BCUT2D eigenvalue weighted by Crippen LogP contribution is -2.21. The minimum atomic E-state index is -0.510. The van der Waals surface area contributed by atoms with Crippen molar-refractivity contribution in [1.82, 2.24) is 14.9 Å². The van der Waals surface area contributed by atoms with Crippen LogP contribution in [0.15, 0.2) is 42.7 Å². The van der Waals surface area contributed by atoms with Gasteiger partial charge in [-0.25, -0.2) is 9.97 Å². The van der Waals surface area contributed by atoms with Gasteiger partial charge >= 0.3 is 0 Å². The van der Waals surface area contributed by atoms with Gasteiger partial charge in [0.15, 0.2) is 0 Å². The van der Waals surface area contributed by atoms with Crippen LogP contribution in [0.1, 0.15) is 12.0 Å². The topological polar surface area (TPSA) is 41.0 Å². The van der Waals surface area contributed by atoms with Crippen molar-refractivity contribution in [1.29, 1.82) is 0 Å². The van der Waals surface area contributed by atoms with Crippen molar-refractivity contribution >= 4 is 5.82 Å². The molecule has 1 heterocycles. The first-order valence-corrected chi connectivity index (χ1v) is 6.68. The molecule has 1 N–H and O–H groups in total. The number of anilines is 1. The van der Waals surface area contributed by atoms with Gasteiger partial charge in [-0.15, -0.1) is 0 Å². The zero-order valence-corrected chi connectivity index (χ0v) is 11.6. The van der Waals surface area contributed by atoms with Crippen molar-refractivity contribution in [3.63, 3.8) is 0 Å². The molecular formula is C15H19FN4. The van der Waals surface area contributed by atoms with Crippen LogP contribution >= 0.6 is 0 Å². The summed E-state index contributed by atoms with van der Waals surface area (Å²) in [6.07, 6.45) is 2.19. The van der Waals surface area contributed by atoms with Crippen LogP contribution in [0, 0.1) is 5.95 Å². The highest BCUT2D eigenvalue weighted by molar-refractivity contribution is 5.31. The molecule has 0 spiro atoms. The highest BCUT2D eigenvalue weighted by Crippen LogP contribution is 2.04. The summed E-state index contributed by atoms with van der Waals surface area (Å²) in [6.45, 7) is 2.66. The Morgan fingerprint density at radius 3 is 2.75 bits per heavy atom. The molecule has 2 aromatic rings. The second kappa shape index (κ2) is 7.55. The average molecular weight is 274 g/mol. The molecule has 106 valence electrons. The number of nitrogens with zero attached hydrogens (tertiary/aromatic N) is 3. The summed E-state index contributed by atoms with van der Waals surface area (Å²) in [5.74, 6) is 0.0203. The van der Waals surface area contributed by atoms with Crippen molar-refractivity contribution in [3.8, 4) is 0 Å². The third-order valence-electron chi connectivity index (χ3n) is 2.95. The molecule has 0 aliphatic carbocycles. The fraction of sp³-hybridized carbons (Fsp3) is 0.333. The third-order valence-corrected chi connectivity index (χ3v) is 2.95. The molecule has 0 fully saturated rings. The largest absolute Gasteiger partial charge is 0.370 e. The normalized spacial score (nSPS) is 10.8. The van der Waals surface area contributed by atoms with Gasteiger partial charge in [0.2, 0.25) is 5.95 Å². The number of halogens is 1. The van der Waals surface area contributed by atoms with E-state index in [1.807, 2.05) is 18.2 Å². The van der Waals surface area contributed by atoms with Gasteiger partial charge in [0, 0.05) is 19.2 Å². The van der Waals surface area contributed by atoms with Gasteiger partial charge in [0.25, 0.3) is 0 Å². The van der Waals surface area contributed by atoms with Crippen molar-refractivity contribution in [2.24, 2.45) is 0 Å². The molecule has 2 rings (SSSR count). The fourth-order valence-electron chi connectivity index (χ4n) is 1.97. The SMILES string of the molecule is CN(CCCNc1cc(F)ncn1)Cc1ccccc1. The van der Waals surface area contributed by atoms with Gasteiger partial charge in [-0.3, -0.25) is 0 Å². The molecule has 0 saturated carbocycles. The van der Waals surface area contributed by atoms with E-state index in [1.165, 1.54) is 18.0 Å². The minimum Gasteiger partial charge on any atom is -0.370 e. The first-order valence-electron chi connectivity index (χ1n) is 6.68. The Bertz CT molecular complexity index is 518. The number of rotatable bonds is 7. The van der Waals surface area contributed by atoms with E-state index in [0.717, 1.165) is 26.1 Å². The zero-order valence-electron chi connectivity index (χ0n) is 11.6. The van der Waals surface area contributed by atoms with Crippen molar-refractivity contribution in [2.45, 2.75) is 13.0 Å². The Morgan fingerprint density at radius 1 is 1.20 bits per heavy atom. The fourth-order valence-corrected chi connectivity index (χ4v) is 1.97. The second-order valence-corrected chi connectivity index (χ2v) is 4.73.